The van der Waals surface area contributed by atoms with Crippen LogP contribution in [-0.2, 0) is 0 Å². The molecule has 0 aliphatic carbocycles. The van der Waals surface area contributed by atoms with Gasteiger partial charge in [-0.1, -0.05) is 0 Å². The molecule has 5 heteroatoms. The minimum absolute atomic E-state index is 0.0545. The van der Waals surface area contributed by atoms with Gasteiger partial charge in [0, 0.05) is 20.1 Å². The topological polar surface area (TPSA) is 30.9 Å². The Morgan fingerprint density at radius 3 is 2.94 bits per heavy atom. The summed E-state index contributed by atoms with van der Waals surface area (Å²) in [6.45, 7) is 2.26. The van der Waals surface area contributed by atoms with Crippen molar-refractivity contribution in [3.63, 3.8) is 0 Å². The molecule has 0 aromatic carbocycles. The fourth-order valence-corrected chi connectivity index (χ4v) is 3.70. The van der Waals surface area contributed by atoms with Crippen molar-refractivity contribution in [1.82, 2.24) is 15.1 Å². The van der Waals surface area contributed by atoms with Gasteiger partial charge in [0.15, 0.2) is 5.11 Å². The van der Waals surface area contributed by atoms with Crippen LogP contribution in [0.25, 0.3) is 0 Å². The molecule has 0 aromatic heterocycles. The van der Waals surface area contributed by atoms with Gasteiger partial charge < -0.3 is 10.2 Å². The first kappa shape index (κ1) is 10.5. The lowest BCUT2D eigenvalue weighted by molar-refractivity contribution is 0.111. The number of fused-ring (bicyclic) bond motifs is 2. The van der Waals surface area contributed by atoms with Crippen molar-refractivity contribution in [2.75, 3.05) is 27.2 Å². The Labute approximate surface area is 102 Å². The van der Waals surface area contributed by atoms with Crippen molar-refractivity contribution in [3.8, 4) is 0 Å². The van der Waals surface area contributed by atoms with E-state index >= 15 is 0 Å². The van der Waals surface area contributed by atoms with E-state index in [0.717, 1.165) is 13.1 Å². The van der Waals surface area contributed by atoms with Gasteiger partial charge in [-0.05, 0) is 38.5 Å². The number of amidine groups is 1. The van der Waals surface area contributed by atoms with Crippen LogP contribution < -0.4 is 5.32 Å². The number of likely N-dealkylation sites (tertiary alicyclic amines) is 2. The smallest absolute Gasteiger partial charge is 0.195 e. The van der Waals surface area contributed by atoms with Crippen LogP contribution in [0.4, 0.5) is 0 Å². The van der Waals surface area contributed by atoms with E-state index in [1.807, 2.05) is 0 Å². The number of aliphatic imine (C=N–C) groups is 1. The van der Waals surface area contributed by atoms with Gasteiger partial charge in [0.2, 0.25) is 0 Å². The number of rotatable bonds is 0. The van der Waals surface area contributed by atoms with Gasteiger partial charge in [-0.25, -0.2) is 4.99 Å². The zero-order valence-corrected chi connectivity index (χ0v) is 10.7. The van der Waals surface area contributed by atoms with Crippen molar-refractivity contribution in [2.45, 2.75) is 24.9 Å². The molecule has 4 nitrogen and oxygen atoms in total. The molecule has 16 heavy (non-hydrogen) atoms. The normalized spacial score (nSPS) is 38.9. The lowest BCUT2D eigenvalue weighted by Gasteiger charge is -2.44. The molecule has 0 radical (unpaired) electrons. The second-order valence-electron chi connectivity index (χ2n) is 5.11. The van der Waals surface area contributed by atoms with Crippen LogP contribution in [0.3, 0.4) is 0 Å². The molecular formula is C11H18N4S. The van der Waals surface area contributed by atoms with Gasteiger partial charge in [0.1, 0.15) is 11.5 Å². The summed E-state index contributed by atoms with van der Waals surface area (Å²) in [5.41, 5.74) is 0.0545. The van der Waals surface area contributed by atoms with Crippen LogP contribution in [0.15, 0.2) is 4.99 Å². The summed E-state index contributed by atoms with van der Waals surface area (Å²) in [6.07, 6.45) is 3.62. The largest absolute Gasteiger partial charge is 0.363 e. The maximum atomic E-state index is 5.29. The van der Waals surface area contributed by atoms with Crippen LogP contribution >= 0.6 is 12.2 Å². The van der Waals surface area contributed by atoms with E-state index in [-0.39, 0.29) is 5.66 Å². The fourth-order valence-electron chi connectivity index (χ4n) is 3.43. The van der Waals surface area contributed by atoms with E-state index < -0.39 is 0 Å². The maximum Gasteiger partial charge on any atom is 0.195 e. The van der Waals surface area contributed by atoms with Gasteiger partial charge in [-0.15, -0.1) is 0 Å². The fraction of sp³-hybridized carbons (Fsp3) is 0.818. The zero-order chi connectivity index (χ0) is 11.3. The molecule has 3 aliphatic heterocycles. The molecule has 3 aliphatic rings. The first-order valence-electron chi connectivity index (χ1n) is 5.96. The Bertz CT molecular complexity index is 367. The van der Waals surface area contributed by atoms with Gasteiger partial charge in [-0.3, -0.25) is 4.90 Å². The highest BCUT2D eigenvalue weighted by Gasteiger charge is 2.52. The zero-order valence-electron chi connectivity index (χ0n) is 9.86. The summed E-state index contributed by atoms with van der Waals surface area (Å²) >= 11 is 5.29. The predicted molar refractivity (Wildman–Crippen MR) is 68.5 cm³/mol. The van der Waals surface area contributed by atoms with E-state index in [9.17, 15) is 0 Å². The van der Waals surface area contributed by atoms with Crippen molar-refractivity contribution >= 4 is 23.2 Å². The van der Waals surface area contributed by atoms with Crippen LogP contribution in [0, 0.1) is 5.92 Å². The number of nitrogens with one attached hydrogen (secondary N) is 1. The Morgan fingerprint density at radius 2 is 2.25 bits per heavy atom. The summed E-state index contributed by atoms with van der Waals surface area (Å²) in [5.74, 6) is 1.70. The minimum Gasteiger partial charge on any atom is -0.363 e. The maximum absolute atomic E-state index is 5.29. The van der Waals surface area contributed by atoms with Crippen LogP contribution in [0.1, 0.15) is 19.3 Å². The average molecular weight is 238 g/mol. The van der Waals surface area contributed by atoms with Gasteiger partial charge >= 0.3 is 0 Å². The van der Waals surface area contributed by atoms with Crippen LogP contribution in [-0.4, -0.2) is 53.6 Å². The Balaban J connectivity index is 2.03. The molecule has 3 rings (SSSR count). The summed E-state index contributed by atoms with van der Waals surface area (Å²) in [6, 6.07) is 0. The van der Waals surface area contributed by atoms with E-state index in [0.29, 0.717) is 11.0 Å². The van der Waals surface area contributed by atoms with Crippen LogP contribution in [0.2, 0.25) is 0 Å². The van der Waals surface area contributed by atoms with Gasteiger partial charge in [-0.2, -0.15) is 0 Å². The molecular weight excluding hydrogens is 220 g/mol. The average Bonchev–Trinajstić information content (AvgIpc) is 2.75. The molecule has 0 amide bonds. The first-order chi connectivity index (χ1) is 7.63. The van der Waals surface area contributed by atoms with E-state index in [1.54, 1.807) is 0 Å². The summed E-state index contributed by atoms with van der Waals surface area (Å²) in [7, 11) is 4.32. The minimum atomic E-state index is 0.0545. The third-order valence-electron chi connectivity index (χ3n) is 4.30. The Kier molecular flexibility index (Phi) is 2.23. The van der Waals surface area contributed by atoms with Crippen molar-refractivity contribution < 1.29 is 0 Å². The Morgan fingerprint density at radius 1 is 1.44 bits per heavy atom. The van der Waals surface area contributed by atoms with Crippen molar-refractivity contribution in [2.24, 2.45) is 10.9 Å². The SMILES string of the molecule is CN1CCC2C1=NC(=S)NC21CCCN1C. The highest BCUT2D eigenvalue weighted by Crippen LogP contribution is 2.40. The molecule has 2 atom stereocenters. The molecule has 0 bridgehead atoms. The van der Waals surface area contributed by atoms with E-state index in [4.69, 9.17) is 12.2 Å². The second-order valence-corrected chi connectivity index (χ2v) is 5.50. The highest BCUT2D eigenvalue weighted by molar-refractivity contribution is 7.80. The standard InChI is InChI=1S/C11H18N4S/c1-14-7-4-8-9(14)12-10(16)13-11(8)5-3-6-15(11)2/h8H,3-7H2,1-2H3,(H,13,16). The molecule has 1 N–H and O–H groups in total. The quantitative estimate of drug-likeness (QED) is 0.628. The van der Waals surface area contributed by atoms with Crippen molar-refractivity contribution in [3.05, 3.63) is 0 Å². The third-order valence-corrected chi connectivity index (χ3v) is 4.50. The lowest BCUT2D eigenvalue weighted by Crippen LogP contribution is -2.64. The third kappa shape index (κ3) is 1.24. The summed E-state index contributed by atoms with van der Waals surface area (Å²) < 4.78 is 0. The van der Waals surface area contributed by atoms with Gasteiger partial charge in [0.25, 0.3) is 0 Å². The number of hydrogen-bond acceptors (Lipinski definition) is 3. The lowest BCUT2D eigenvalue weighted by atomic mass is 9.87. The molecule has 0 saturated carbocycles. The second kappa shape index (κ2) is 3.40. The van der Waals surface area contributed by atoms with Gasteiger partial charge in [0.05, 0.1) is 5.92 Å². The number of nitrogens with zero attached hydrogens (tertiary/aromatic N) is 3. The molecule has 0 aromatic rings. The Hall–Kier alpha value is -0.680. The number of hydrogen-bond donors (Lipinski definition) is 1. The molecule has 2 unspecified atom stereocenters. The van der Waals surface area contributed by atoms with E-state index in [1.165, 1.54) is 25.1 Å². The van der Waals surface area contributed by atoms with Crippen LogP contribution in [0.5, 0.6) is 0 Å². The molecule has 2 fully saturated rings. The molecule has 2 saturated heterocycles. The number of thiocarbonyl (C=S) groups is 1. The summed E-state index contributed by atoms with van der Waals surface area (Å²) in [4.78, 5) is 9.20. The highest BCUT2D eigenvalue weighted by atomic mass is 32.1. The molecule has 88 valence electrons. The first-order valence-corrected chi connectivity index (χ1v) is 6.37. The molecule has 1 spiro atoms. The van der Waals surface area contributed by atoms with Crippen molar-refractivity contribution in [1.29, 1.82) is 0 Å². The monoisotopic (exact) mass is 238 g/mol. The van der Waals surface area contributed by atoms with E-state index in [2.05, 4.69) is 34.2 Å². The summed E-state index contributed by atoms with van der Waals surface area (Å²) in [5, 5.41) is 4.14. The predicted octanol–water partition coefficient (Wildman–Crippen LogP) is 0.647. The molecule has 3 heterocycles.